The number of ether oxygens (including phenoxy) is 1. The molecule has 0 atom stereocenters. The van der Waals surface area contributed by atoms with E-state index in [-0.39, 0.29) is 12.5 Å². The molecule has 0 saturated carbocycles. The van der Waals surface area contributed by atoms with Crippen molar-refractivity contribution in [2.45, 2.75) is 20.3 Å². The van der Waals surface area contributed by atoms with Gasteiger partial charge in [-0.05, 0) is 43.7 Å². The van der Waals surface area contributed by atoms with Crippen molar-refractivity contribution in [3.05, 3.63) is 65.6 Å². The quantitative estimate of drug-likeness (QED) is 0.759. The fourth-order valence-electron chi connectivity index (χ4n) is 2.42. The third-order valence-corrected chi connectivity index (χ3v) is 3.76. The third kappa shape index (κ3) is 4.13. The fraction of sp³-hybridized carbons (Fsp3) is 0.263. The number of hydrogen-bond acceptors (Lipinski definition) is 3. The van der Waals surface area contributed by atoms with E-state index in [0.717, 1.165) is 16.9 Å². The molecule has 0 spiro atoms. The first kappa shape index (κ1) is 16.1. The average molecular weight is 323 g/mol. The van der Waals surface area contributed by atoms with Crippen molar-refractivity contribution in [1.82, 2.24) is 14.7 Å². The maximum absolute atomic E-state index is 11.8. The summed E-state index contributed by atoms with van der Waals surface area (Å²) in [5, 5.41) is 2.86. The van der Waals surface area contributed by atoms with Crippen LogP contribution in [0.5, 0.6) is 5.75 Å². The molecule has 0 aliphatic carbocycles. The number of nitrogens with zero attached hydrogens (tertiary/aromatic N) is 2. The van der Waals surface area contributed by atoms with Crippen molar-refractivity contribution < 1.29 is 9.53 Å². The maximum Gasteiger partial charge on any atom is 0.257 e. The molecule has 0 aliphatic heterocycles. The van der Waals surface area contributed by atoms with E-state index in [9.17, 15) is 4.79 Å². The van der Waals surface area contributed by atoms with Gasteiger partial charge < -0.3 is 14.5 Å². The van der Waals surface area contributed by atoms with Crippen LogP contribution in [0.3, 0.4) is 0 Å². The number of nitrogens with one attached hydrogen (secondary N) is 1. The molecule has 24 heavy (non-hydrogen) atoms. The molecule has 124 valence electrons. The Balaban J connectivity index is 1.44. The van der Waals surface area contributed by atoms with Crippen LogP contribution >= 0.6 is 0 Å². The van der Waals surface area contributed by atoms with Gasteiger partial charge in [-0.2, -0.15) is 0 Å². The fourth-order valence-corrected chi connectivity index (χ4v) is 2.42. The van der Waals surface area contributed by atoms with Gasteiger partial charge in [0.1, 0.15) is 11.4 Å². The molecule has 1 amide bonds. The molecular weight excluding hydrogens is 302 g/mol. The van der Waals surface area contributed by atoms with Gasteiger partial charge in [-0.3, -0.25) is 4.79 Å². The molecule has 0 saturated heterocycles. The second kappa shape index (κ2) is 7.17. The van der Waals surface area contributed by atoms with Gasteiger partial charge in [0.25, 0.3) is 5.91 Å². The highest BCUT2D eigenvalue weighted by Gasteiger charge is 2.05. The highest BCUT2D eigenvalue weighted by molar-refractivity contribution is 5.77. The van der Waals surface area contributed by atoms with Gasteiger partial charge in [-0.25, -0.2) is 4.98 Å². The number of carbonyl (C=O) groups is 1. The van der Waals surface area contributed by atoms with E-state index >= 15 is 0 Å². The molecule has 1 N–H and O–H groups in total. The summed E-state index contributed by atoms with van der Waals surface area (Å²) < 4.78 is 7.45. The SMILES string of the molecule is Cc1ccc(OCC(=O)NCCc2cn3ccc(C)cc3n2)cc1. The lowest BCUT2D eigenvalue weighted by atomic mass is 10.2. The average Bonchev–Trinajstić information content (AvgIpc) is 2.96. The van der Waals surface area contributed by atoms with Crippen molar-refractivity contribution in [3.8, 4) is 5.75 Å². The maximum atomic E-state index is 11.8. The van der Waals surface area contributed by atoms with Crippen LogP contribution in [0.15, 0.2) is 48.8 Å². The summed E-state index contributed by atoms with van der Waals surface area (Å²) in [5.74, 6) is 0.571. The molecule has 1 aromatic carbocycles. The predicted molar refractivity (Wildman–Crippen MR) is 93.3 cm³/mol. The number of benzene rings is 1. The van der Waals surface area contributed by atoms with Gasteiger partial charge in [0.15, 0.2) is 6.61 Å². The van der Waals surface area contributed by atoms with Crippen LogP contribution in [0.2, 0.25) is 0 Å². The standard InChI is InChI=1S/C19H21N3O2/c1-14-3-5-17(6-4-14)24-13-19(23)20-9-7-16-12-22-10-8-15(2)11-18(22)21-16/h3-6,8,10-12H,7,9,13H2,1-2H3,(H,20,23). The largest absolute Gasteiger partial charge is 0.484 e. The van der Waals surface area contributed by atoms with E-state index in [2.05, 4.69) is 10.3 Å². The first-order chi connectivity index (χ1) is 11.6. The molecule has 2 aromatic heterocycles. The zero-order valence-corrected chi connectivity index (χ0v) is 14.0. The number of aromatic nitrogens is 2. The number of hydrogen-bond donors (Lipinski definition) is 1. The van der Waals surface area contributed by atoms with Gasteiger partial charge in [0.05, 0.1) is 5.69 Å². The molecule has 2 heterocycles. The van der Waals surface area contributed by atoms with Crippen molar-refractivity contribution in [2.24, 2.45) is 0 Å². The van der Waals surface area contributed by atoms with E-state index in [1.54, 1.807) is 0 Å². The highest BCUT2D eigenvalue weighted by Crippen LogP contribution is 2.11. The normalized spacial score (nSPS) is 10.8. The second-order valence-corrected chi connectivity index (χ2v) is 5.90. The minimum atomic E-state index is -0.129. The monoisotopic (exact) mass is 323 g/mol. The molecule has 3 aromatic rings. The smallest absolute Gasteiger partial charge is 0.257 e. The van der Waals surface area contributed by atoms with Crippen LogP contribution in [0.4, 0.5) is 0 Å². The summed E-state index contributed by atoms with van der Waals surface area (Å²) in [5.41, 5.74) is 4.23. The zero-order valence-electron chi connectivity index (χ0n) is 14.0. The Kier molecular flexibility index (Phi) is 4.79. The van der Waals surface area contributed by atoms with E-state index in [4.69, 9.17) is 4.74 Å². The lowest BCUT2D eigenvalue weighted by molar-refractivity contribution is -0.123. The Morgan fingerprint density at radius 2 is 1.96 bits per heavy atom. The molecule has 3 rings (SSSR count). The summed E-state index contributed by atoms with van der Waals surface area (Å²) in [4.78, 5) is 16.4. The van der Waals surface area contributed by atoms with Gasteiger partial charge in [-0.1, -0.05) is 17.7 Å². The Hall–Kier alpha value is -2.82. The van der Waals surface area contributed by atoms with E-state index in [1.807, 2.05) is 67.0 Å². The lowest BCUT2D eigenvalue weighted by Crippen LogP contribution is -2.30. The van der Waals surface area contributed by atoms with Gasteiger partial charge in [0.2, 0.25) is 0 Å². The highest BCUT2D eigenvalue weighted by atomic mass is 16.5. The van der Waals surface area contributed by atoms with Crippen LogP contribution in [-0.4, -0.2) is 28.4 Å². The van der Waals surface area contributed by atoms with Gasteiger partial charge >= 0.3 is 0 Å². The topological polar surface area (TPSA) is 55.6 Å². The first-order valence-electron chi connectivity index (χ1n) is 8.00. The number of rotatable bonds is 6. The summed E-state index contributed by atoms with van der Waals surface area (Å²) in [7, 11) is 0. The number of aryl methyl sites for hydroxylation is 2. The molecular formula is C19H21N3O2. The van der Waals surface area contributed by atoms with Gasteiger partial charge in [0, 0.05) is 25.4 Å². The van der Waals surface area contributed by atoms with Crippen molar-refractivity contribution >= 4 is 11.6 Å². The Bertz CT molecular complexity index is 837. The number of amides is 1. The van der Waals surface area contributed by atoms with E-state index in [0.29, 0.717) is 18.7 Å². The van der Waals surface area contributed by atoms with Crippen molar-refractivity contribution in [2.75, 3.05) is 13.2 Å². The molecule has 0 fully saturated rings. The van der Waals surface area contributed by atoms with Crippen LogP contribution in [-0.2, 0) is 11.2 Å². The number of pyridine rings is 1. The first-order valence-corrected chi connectivity index (χ1v) is 8.00. The van der Waals surface area contributed by atoms with Crippen LogP contribution < -0.4 is 10.1 Å². The van der Waals surface area contributed by atoms with Crippen LogP contribution in [0.25, 0.3) is 5.65 Å². The Morgan fingerprint density at radius 3 is 2.75 bits per heavy atom. The third-order valence-electron chi connectivity index (χ3n) is 3.76. The summed E-state index contributed by atoms with van der Waals surface area (Å²) in [6, 6.07) is 11.7. The summed E-state index contributed by atoms with van der Waals surface area (Å²) >= 11 is 0. The number of fused-ring (bicyclic) bond motifs is 1. The Morgan fingerprint density at radius 1 is 1.17 bits per heavy atom. The van der Waals surface area contributed by atoms with E-state index < -0.39 is 0 Å². The molecule has 0 radical (unpaired) electrons. The van der Waals surface area contributed by atoms with Crippen LogP contribution in [0, 0.1) is 13.8 Å². The molecule has 0 aliphatic rings. The number of imidazole rings is 1. The minimum Gasteiger partial charge on any atom is -0.484 e. The molecule has 0 bridgehead atoms. The lowest BCUT2D eigenvalue weighted by Gasteiger charge is -2.07. The molecule has 5 nitrogen and oxygen atoms in total. The minimum absolute atomic E-state index is 0.0213. The summed E-state index contributed by atoms with van der Waals surface area (Å²) in [6.07, 6.45) is 4.68. The molecule has 0 unspecified atom stereocenters. The van der Waals surface area contributed by atoms with Crippen molar-refractivity contribution in [1.29, 1.82) is 0 Å². The number of carbonyl (C=O) groups excluding carboxylic acids is 1. The van der Waals surface area contributed by atoms with Crippen LogP contribution in [0.1, 0.15) is 16.8 Å². The molecule has 5 heteroatoms. The van der Waals surface area contributed by atoms with Crippen molar-refractivity contribution in [3.63, 3.8) is 0 Å². The van der Waals surface area contributed by atoms with E-state index in [1.165, 1.54) is 5.56 Å². The summed E-state index contributed by atoms with van der Waals surface area (Å²) in [6.45, 7) is 4.62. The van der Waals surface area contributed by atoms with Gasteiger partial charge in [-0.15, -0.1) is 0 Å². The predicted octanol–water partition coefficient (Wildman–Crippen LogP) is 2.69. The Labute approximate surface area is 141 Å². The zero-order chi connectivity index (χ0) is 16.9. The second-order valence-electron chi connectivity index (χ2n) is 5.90.